The zero-order valence-corrected chi connectivity index (χ0v) is 50.8. The highest BCUT2D eigenvalue weighted by Crippen LogP contribution is 2.43. The van der Waals surface area contributed by atoms with Crippen molar-refractivity contribution >= 4 is 19.7 Å². The van der Waals surface area contributed by atoms with Crippen molar-refractivity contribution in [1.82, 2.24) is 5.32 Å². The number of quaternary nitrogens is 1. The highest BCUT2D eigenvalue weighted by atomic mass is 31.2. The van der Waals surface area contributed by atoms with Crippen molar-refractivity contribution in [3.05, 3.63) is 134 Å². The van der Waals surface area contributed by atoms with E-state index in [0.29, 0.717) is 30.3 Å². The number of unbranched alkanes of at least 4 members (excludes halogenated alkanes) is 17. The number of hydrogen-bond donors (Lipinski definition) is 2. The molecular formula is C67H114N2O7P+. The molecule has 0 aliphatic rings. The van der Waals surface area contributed by atoms with Crippen molar-refractivity contribution in [1.29, 1.82) is 0 Å². The summed E-state index contributed by atoms with van der Waals surface area (Å²) in [6, 6.07) is -0.882. The Hall–Kier alpha value is -3.85. The number of rotatable bonds is 53. The van der Waals surface area contributed by atoms with Crippen LogP contribution in [-0.2, 0) is 27.9 Å². The second-order valence-corrected chi connectivity index (χ2v) is 22.6. The van der Waals surface area contributed by atoms with Crippen molar-refractivity contribution < 1.29 is 37.3 Å². The van der Waals surface area contributed by atoms with E-state index in [9.17, 15) is 19.0 Å². The SMILES string of the molecule is CC/C=C\C/C=C\C/C=C\C/C=C\C/C=C\CCCCCCCC(=O)NC(COP(=O)(O)OCC[N+](C)(C)C)C(/C=C/CCCCCCCCCCC)OC(=O)CCCCC/C=C\C/C=C\C/C=C\C/C=C\C/C=C\CC. The molecule has 0 rings (SSSR count). The second kappa shape index (κ2) is 55.5. The Kier molecular flexibility index (Phi) is 52.7. The van der Waals surface area contributed by atoms with E-state index in [1.807, 2.05) is 33.3 Å². The number of hydrogen-bond acceptors (Lipinski definition) is 6. The molecule has 10 heteroatoms. The molecule has 77 heavy (non-hydrogen) atoms. The van der Waals surface area contributed by atoms with Gasteiger partial charge in [0.05, 0.1) is 33.8 Å². The summed E-state index contributed by atoms with van der Waals surface area (Å²) in [4.78, 5) is 37.7. The minimum atomic E-state index is -4.47. The lowest BCUT2D eigenvalue weighted by molar-refractivity contribution is -0.870. The summed E-state index contributed by atoms with van der Waals surface area (Å²) >= 11 is 0. The quantitative estimate of drug-likeness (QED) is 0.0205. The normalized spacial score (nSPS) is 14.6. The van der Waals surface area contributed by atoms with E-state index in [1.54, 1.807) is 0 Å². The molecule has 0 heterocycles. The molecule has 0 aliphatic heterocycles. The molecule has 0 aromatic rings. The molecule has 3 unspecified atom stereocenters. The maximum atomic E-state index is 13.5. The number of carbonyl (C=O) groups is 2. The van der Waals surface area contributed by atoms with Crippen LogP contribution in [0.5, 0.6) is 0 Å². The average molecular weight is 1090 g/mol. The molecule has 0 aliphatic carbocycles. The number of nitrogens with one attached hydrogen (secondary N) is 1. The molecule has 9 nitrogen and oxygen atoms in total. The number of nitrogens with zero attached hydrogens (tertiary/aromatic N) is 1. The maximum absolute atomic E-state index is 13.5. The molecule has 0 aromatic carbocycles. The Balaban J connectivity index is 5.35. The highest BCUT2D eigenvalue weighted by Gasteiger charge is 2.30. The number of phosphoric ester groups is 1. The van der Waals surface area contributed by atoms with Crippen molar-refractivity contribution in [2.45, 2.75) is 238 Å². The lowest BCUT2D eigenvalue weighted by atomic mass is 10.1. The van der Waals surface area contributed by atoms with Gasteiger partial charge in [-0.3, -0.25) is 18.6 Å². The number of amides is 1. The Bertz CT molecular complexity index is 1780. The smallest absolute Gasteiger partial charge is 0.456 e. The first-order valence-electron chi connectivity index (χ1n) is 30.5. The van der Waals surface area contributed by atoms with Crippen LogP contribution in [0.4, 0.5) is 0 Å². The largest absolute Gasteiger partial charge is 0.472 e. The molecule has 0 spiro atoms. The molecule has 0 saturated carbocycles. The van der Waals surface area contributed by atoms with Crippen molar-refractivity contribution in [3.8, 4) is 0 Å². The average Bonchev–Trinajstić information content (AvgIpc) is 3.39. The van der Waals surface area contributed by atoms with Gasteiger partial charge in [0.1, 0.15) is 19.3 Å². The van der Waals surface area contributed by atoms with Crippen LogP contribution >= 0.6 is 7.82 Å². The lowest BCUT2D eigenvalue weighted by Gasteiger charge is -2.27. The number of phosphoric acid groups is 1. The van der Waals surface area contributed by atoms with E-state index in [2.05, 4.69) is 148 Å². The summed E-state index contributed by atoms with van der Waals surface area (Å²) in [5.41, 5.74) is 0. The molecule has 0 saturated heterocycles. The first-order valence-corrected chi connectivity index (χ1v) is 32.0. The van der Waals surface area contributed by atoms with Crippen LogP contribution in [-0.4, -0.2) is 74.3 Å². The molecule has 0 bridgehead atoms. The topological polar surface area (TPSA) is 111 Å². The number of ether oxygens (including phenoxy) is 1. The van der Waals surface area contributed by atoms with Crippen LogP contribution in [0.15, 0.2) is 134 Å². The number of esters is 1. The Labute approximate surface area is 473 Å². The summed E-state index contributed by atoms with van der Waals surface area (Å²) in [6.45, 7) is 6.72. The minimum absolute atomic E-state index is 0.0226. The zero-order valence-electron chi connectivity index (χ0n) is 49.9. The van der Waals surface area contributed by atoms with Crippen LogP contribution in [0.2, 0.25) is 0 Å². The fourth-order valence-corrected chi connectivity index (χ4v) is 8.67. The standard InChI is InChI=1S/C67H113N2O7P/c1-7-10-13-16-19-22-25-27-29-31-33-34-36-37-39-41-44-47-50-53-56-59-66(70)68-64(63-75-77(72,73)74-62-61-69(4,5)6)65(58-55-52-49-46-43-24-21-18-15-12-9-3)76-67(71)60-57-54-51-48-45-42-40-38-35-32-30-28-26-23-20-17-14-11-8-2/h10-11,13-14,19-20,22-23,27-30,33-35,37-39,42,45,55,58,64-65H,7-9,12,15-18,21,24-26,31-32,36,40-41,43-44,46-54,56-57,59-63H2,1-6H3,(H-,68,70,72,73)/p+1/b13-10-,14-11-,22-19-,23-20-,29-27-,30-28-,34-33-,38-35-,39-37-,45-42-,58-55+. The third-order valence-corrected chi connectivity index (χ3v) is 13.6. The molecule has 438 valence electrons. The molecule has 1 amide bonds. The van der Waals surface area contributed by atoms with Crippen LogP contribution in [0.3, 0.4) is 0 Å². The number of likely N-dealkylation sites (N-methyl/N-ethyl adjacent to an activating group) is 1. The van der Waals surface area contributed by atoms with Crippen molar-refractivity contribution in [2.24, 2.45) is 0 Å². The van der Waals surface area contributed by atoms with Crippen molar-refractivity contribution in [3.63, 3.8) is 0 Å². The van der Waals surface area contributed by atoms with Gasteiger partial charge < -0.3 is 19.4 Å². The highest BCUT2D eigenvalue weighted by molar-refractivity contribution is 7.47. The minimum Gasteiger partial charge on any atom is -0.456 e. The third-order valence-electron chi connectivity index (χ3n) is 12.6. The van der Waals surface area contributed by atoms with E-state index >= 15 is 0 Å². The summed E-state index contributed by atoms with van der Waals surface area (Å²) in [6.07, 6.45) is 78.8. The van der Waals surface area contributed by atoms with Gasteiger partial charge in [-0.25, -0.2) is 4.57 Å². The summed E-state index contributed by atoms with van der Waals surface area (Å²) in [7, 11) is 1.44. The monoisotopic (exact) mass is 1090 g/mol. The summed E-state index contributed by atoms with van der Waals surface area (Å²) in [5.74, 6) is -0.577. The first kappa shape index (κ1) is 73.2. The van der Waals surface area contributed by atoms with E-state index in [4.69, 9.17) is 13.8 Å². The zero-order chi connectivity index (χ0) is 56.4. The molecule has 0 radical (unpaired) electrons. The molecule has 2 N–H and O–H groups in total. The molecule has 3 atom stereocenters. The van der Waals surface area contributed by atoms with E-state index in [0.717, 1.165) is 135 Å². The first-order chi connectivity index (χ1) is 37.4. The van der Waals surface area contributed by atoms with Gasteiger partial charge in [-0.2, -0.15) is 0 Å². The number of allylic oxidation sites excluding steroid dienone is 21. The van der Waals surface area contributed by atoms with Gasteiger partial charge in [0.15, 0.2) is 0 Å². The van der Waals surface area contributed by atoms with Crippen LogP contribution < -0.4 is 5.32 Å². The van der Waals surface area contributed by atoms with E-state index in [1.165, 1.54) is 44.9 Å². The Morgan fingerprint density at radius 3 is 1.26 bits per heavy atom. The fraction of sp³-hybridized carbons (Fsp3) is 0.642. The van der Waals surface area contributed by atoms with E-state index in [-0.39, 0.29) is 31.5 Å². The van der Waals surface area contributed by atoms with Gasteiger partial charge in [-0.15, -0.1) is 0 Å². The lowest BCUT2D eigenvalue weighted by Crippen LogP contribution is -2.47. The van der Waals surface area contributed by atoms with Gasteiger partial charge in [0, 0.05) is 12.8 Å². The van der Waals surface area contributed by atoms with Crippen molar-refractivity contribution in [2.75, 3.05) is 40.9 Å². The third kappa shape index (κ3) is 56.7. The Morgan fingerprint density at radius 2 is 0.831 bits per heavy atom. The van der Waals surface area contributed by atoms with Crippen LogP contribution in [0.25, 0.3) is 0 Å². The summed E-state index contributed by atoms with van der Waals surface area (Å²) in [5, 5.41) is 3.03. The van der Waals surface area contributed by atoms with Gasteiger partial charge in [-0.05, 0) is 122 Å². The number of carbonyl (C=O) groups excluding carboxylic acids is 2. The van der Waals surface area contributed by atoms with Gasteiger partial charge in [0.25, 0.3) is 0 Å². The van der Waals surface area contributed by atoms with Crippen LogP contribution in [0.1, 0.15) is 226 Å². The van der Waals surface area contributed by atoms with E-state index < -0.39 is 20.0 Å². The molecular weight excluding hydrogens is 976 g/mol. The Morgan fingerprint density at radius 1 is 0.468 bits per heavy atom. The second-order valence-electron chi connectivity index (χ2n) is 21.1. The van der Waals surface area contributed by atoms with Gasteiger partial charge in [-0.1, -0.05) is 225 Å². The van der Waals surface area contributed by atoms with Gasteiger partial charge in [0.2, 0.25) is 5.91 Å². The van der Waals surface area contributed by atoms with Gasteiger partial charge >= 0.3 is 13.8 Å². The predicted octanol–water partition coefficient (Wildman–Crippen LogP) is 18.9. The molecule has 0 aromatic heterocycles. The van der Waals surface area contributed by atoms with Crippen LogP contribution in [0, 0.1) is 0 Å². The maximum Gasteiger partial charge on any atom is 0.472 e. The fourth-order valence-electron chi connectivity index (χ4n) is 7.93. The summed E-state index contributed by atoms with van der Waals surface area (Å²) < 4.78 is 30.6. The molecule has 0 fully saturated rings. The predicted molar refractivity (Wildman–Crippen MR) is 332 cm³/mol.